The molecule has 3 N–H and O–H groups in total. The Hall–Kier alpha value is -3.13. The number of amides is 2. The van der Waals surface area contributed by atoms with Gasteiger partial charge in [-0.25, -0.2) is 4.79 Å². The lowest BCUT2D eigenvalue weighted by molar-refractivity contribution is -0.384. The number of aliphatic hydroxyl groups is 1. The van der Waals surface area contributed by atoms with Crippen molar-refractivity contribution in [2.45, 2.75) is 19.4 Å². The number of hydrogen-bond acceptors (Lipinski definition) is 5. The molecule has 0 spiro atoms. The molecule has 3 rings (SSSR count). The van der Waals surface area contributed by atoms with Gasteiger partial charge in [0.25, 0.3) is 5.69 Å². The number of non-ortho nitro benzene ring substituents is 1. The first kappa shape index (κ1) is 19.6. The molecule has 0 aliphatic carbocycles. The Kier molecular flexibility index (Phi) is 6.44. The van der Waals surface area contributed by atoms with E-state index in [2.05, 4.69) is 15.5 Å². The first-order valence-electron chi connectivity index (χ1n) is 9.29. The summed E-state index contributed by atoms with van der Waals surface area (Å²) >= 11 is 0. The maximum Gasteiger partial charge on any atom is 0.319 e. The first-order chi connectivity index (χ1) is 13.5. The second kappa shape index (κ2) is 9.18. The number of urea groups is 1. The van der Waals surface area contributed by atoms with Crippen molar-refractivity contribution in [2.75, 3.05) is 29.9 Å². The third kappa shape index (κ3) is 5.20. The van der Waals surface area contributed by atoms with E-state index in [4.69, 9.17) is 0 Å². The van der Waals surface area contributed by atoms with Gasteiger partial charge in [-0.2, -0.15) is 0 Å². The van der Waals surface area contributed by atoms with Gasteiger partial charge in [0.05, 0.1) is 4.92 Å². The Bertz CT molecular complexity index is 817. The zero-order valence-corrected chi connectivity index (χ0v) is 15.5. The molecule has 0 atom stereocenters. The molecule has 148 valence electrons. The van der Waals surface area contributed by atoms with Gasteiger partial charge in [-0.15, -0.1) is 0 Å². The number of nitrogens with zero attached hydrogens (tertiary/aromatic N) is 2. The van der Waals surface area contributed by atoms with Gasteiger partial charge in [-0.05, 0) is 42.5 Å². The number of nitro benzene ring substituents is 1. The SMILES string of the molecule is O=C(NCc1ccc(N2CCC(CO)CC2)cc1)Nc1cccc([N+](=O)[O-])c1. The second-order valence-electron chi connectivity index (χ2n) is 6.89. The predicted molar refractivity (Wildman–Crippen MR) is 107 cm³/mol. The summed E-state index contributed by atoms with van der Waals surface area (Å²) in [7, 11) is 0. The number of benzene rings is 2. The minimum absolute atomic E-state index is 0.0728. The topological polar surface area (TPSA) is 108 Å². The Morgan fingerprint density at radius 3 is 2.54 bits per heavy atom. The Balaban J connectivity index is 1.49. The summed E-state index contributed by atoms with van der Waals surface area (Å²) in [6.45, 7) is 2.49. The van der Waals surface area contributed by atoms with Crippen LogP contribution in [0.2, 0.25) is 0 Å². The van der Waals surface area contributed by atoms with Crippen molar-refractivity contribution in [3.8, 4) is 0 Å². The van der Waals surface area contributed by atoms with E-state index < -0.39 is 11.0 Å². The van der Waals surface area contributed by atoms with Crippen molar-refractivity contribution < 1.29 is 14.8 Å². The van der Waals surface area contributed by atoms with Gasteiger partial charge < -0.3 is 20.6 Å². The number of carbonyl (C=O) groups excluding carboxylic acids is 1. The molecule has 0 saturated carbocycles. The molecule has 0 unspecified atom stereocenters. The highest BCUT2D eigenvalue weighted by Crippen LogP contribution is 2.23. The number of anilines is 2. The molecule has 1 aliphatic heterocycles. The highest BCUT2D eigenvalue weighted by Gasteiger charge is 2.18. The zero-order valence-electron chi connectivity index (χ0n) is 15.5. The van der Waals surface area contributed by atoms with E-state index in [0.717, 1.165) is 37.2 Å². The van der Waals surface area contributed by atoms with Crippen molar-refractivity contribution in [3.63, 3.8) is 0 Å². The number of rotatable bonds is 6. The van der Waals surface area contributed by atoms with Crippen molar-refractivity contribution in [2.24, 2.45) is 5.92 Å². The molecule has 2 aromatic carbocycles. The summed E-state index contributed by atoms with van der Waals surface area (Å²) in [6.07, 6.45) is 2.00. The van der Waals surface area contributed by atoms with Crippen LogP contribution in [0.15, 0.2) is 48.5 Å². The monoisotopic (exact) mass is 384 g/mol. The smallest absolute Gasteiger partial charge is 0.319 e. The summed E-state index contributed by atoms with van der Waals surface area (Å²) in [5.74, 6) is 0.407. The van der Waals surface area contributed by atoms with Gasteiger partial charge in [0.15, 0.2) is 0 Å². The number of nitro groups is 1. The maximum absolute atomic E-state index is 12.0. The Morgan fingerprint density at radius 1 is 1.18 bits per heavy atom. The zero-order chi connectivity index (χ0) is 19.9. The molecule has 8 nitrogen and oxygen atoms in total. The fourth-order valence-corrected chi connectivity index (χ4v) is 3.25. The van der Waals surface area contributed by atoms with Gasteiger partial charge in [0, 0.05) is 49.7 Å². The third-order valence-electron chi connectivity index (χ3n) is 4.94. The fourth-order valence-electron chi connectivity index (χ4n) is 3.25. The highest BCUT2D eigenvalue weighted by atomic mass is 16.6. The van der Waals surface area contributed by atoms with Crippen LogP contribution in [0.1, 0.15) is 18.4 Å². The molecule has 0 bridgehead atoms. The van der Waals surface area contributed by atoms with E-state index in [0.29, 0.717) is 18.2 Å². The van der Waals surface area contributed by atoms with Crippen molar-refractivity contribution in [3.05, 3.63) is 64.2 Å². The van der Waals surface area contributed by atoms with E-state index in [9.17, 15) is 20.0 Å². The summed E-state index contributed by atoms with van der Waals surface area (Å²) in [5.41, 5.74) is 2.40. The van der Waals surface area contributed by atoms with Crippen LogP contribution in [0.5, 0.6) is 0 Å². The molecule has 0 radical (unpaired) electrons. The van der Waals surface area contributed by atoms with Crippen molar-refractivity contribution >= 4 is 23.1 Å². The number of hydrogen-bond donors (Lipinski definition) is 3. The minimum atomic E-state index is -0.503. The van der Waals surface area contributed by atoms with E-state index >= 15 is 0 Å². The number of carbonyl (C=O) groups is 1. The largest absolute Gasteiger partial charge is 0.396 e. The molecule has 2 amide bonds. The average molecular weight is 384 g/mol. The lowest BCUT2D eigenvalue weighted by atomic mass is 9.97. The highest BCUT2D eigenvalue weighted by molar-refractivity contribution is 5.89. The van der Waals surface area contributed by atoms with Crippen LogP contribution in [0, 0.1) is 16.0 Å². The summed E-state index contributed by atoms with van der Waals surface area (Å²) < 4.78 is 0. The fraction of sp³-hybridized carbons (Fsp3) is 0.350. The molecule has 28 heavy (non-hydrogen) atoms. The van der Waals surface area contributed by atoms with Gasteiger partial charge in [-0.3, -0.25) is 10.1 Å². The standard InChI is InChI=1S/C20H24N4O4/c25-14-16-8-10-23(11-9-16)18-6-4-15(5-7-18)13-21-20(26)22-17-2-1-3-19(12-17)24(27)28/h1-7,12,16,25H,8-11,13-14H2,(H2,21,22,26). The first-order valence-corrected chi connectivity index (χ1v) is 9.29. The van der Waals surface area contributed by atoms with E-state index in [1.54, 1.807) is 6.07 Å². The maximum atomic E-state index is 12.0. The van der Waals surface area contributed by atoms with E-state index in [1.165, 1.54) is 18.2 Å². The van der Waals surface area contributed by atoms with Crippen molar-refractivity contribution in [1.29, 1.82) is 0 Å². The van der Waals surface area contributed by atoms with Crippen LogP contribution in [0.3, 0.4) is 0 Å². The molecule has 1 heterocycles. The molecule has 8 heteroatoms. The van der Waals surface area contributed by atoms with Gasteiger partial charge in [0.1, 0.15) is 0 Å². The average Bonchev–Trinajstić information content (AvgIpc) is 2.73. The summed E-state index contributed by atoms with van der Waals surface area (Å²) in [6, 6.07) is 13.4. The number of piperidine rings is 1. The van der Waals surface area contributed by atoms with Crippen LogP contribution in [0.25, 0.3) is 0 Å². The number of aliphatic hydroxyl groups excluding tert-OH is 1. The van der Waals surface area contributed by atoms with Crippen LogP contribution in [-0.4, -0.2) is 35.8 Å². The molecular weight excluding hydrogens is 360 g/mol. The van der Waals surface area contributed by atoms with Gasteiger partial charge >= 0.3 is 6.03 Å². The van der Waals surface area contributed by atoms with Crippen LogP contribution in [0.4, 0.5) is 21.9 Å². The quantitative estimate of drug-likeness (QED) is 0.524. The summed E-state index contributed by atoms with van der Waals surface area (Å²) in [5, 5.41) is 25.4. The minimum Gasteiger partial charge on any atom is -0.396 e. The number of nitrogens with one attached hydrogen (secondary N) is 2. The lowest BCUT2D eigenvalue weighted by Crippen LogP contribution is -2.34. The molecule has 1 aliphatic rings. The molecular formula is C20H24N4O4. The molecule has 2 aromatic rings. The molecule has 1 fully saturated rings. The normalized spacial score (nSPS) is 14.5. The third-order valence-corrected chi connectivity index (χ3v) is 4.94. The summed E-state index contributed by atoms with van der Waals surface area (Å²) in [4.78, 5) is 24.6. The predicted octanol–water partition coefficient (Wildman–Crippen LogP) is 3.13. The van der Waals surface area contributed by atoms with Crippen molar-refractivity contribution in [1.82, 2.24) is 5.32 Å². The van der Waals surface area contributed by atoms with E-state index in [1.807, 2.05) is 24.3 Å². The van der Waals surface area contributed by atoms with Crippen LogP contribution in [-0.2, 0) is 6.54 Å². The Morgan fingerprint density at radius 2 is 1.89 bits per heavy atom. The van der Waals surface area contributed by atoms with Crippen LogP contribution < -0.4 is 15.5 Å². The van der Waals surface area contributed by atoms with Crippen LogP contribution >= 0.6 is 0 Å². The van der Waals surface area contributed by atoms with E-state index in [-0.39, 0.29) is 12.3 Å². The lowest BCUT2D eigenvalue weighted by Gasteiger charge is -2.33. The Labute approximate surface area is 163 Å². The molecule has 1 saturated heterocycles. The molecule has 0 aromatic heterocycles. The van der Waals surface area contributed by atoms with Gasteiger partial charge in [-0.1, -0.05) is 18.2 Å². The van der Waals surface area contributed by atoms with Gasteiger partial charge in [0.2, 0.25) is 0 Å². The second-order valence-corrected chi connectivity index (χ2v) is 6.89.